The third-order valence-corrected chi connectivity index (χ3v) is 2.45. The summed E-state index contributed by atoms with van der Waals surface area (Å²) in [5, 5.41) is 0. The van der Waals surface area contributed by atoms with Crippen LogP contribution in [0.1, 0.15) is 12.0 Å². The Morgan fingerprint density at radius 1 is 1.46 bits per heavy atom. The first-order chi connectivity index (χ1) is 6.24. The van der Waals surface area contributed by atoms with Crippen LogP contribution in [0.4, 0.5) is 0 Å². The zero-order chi connectivity index (χ0) is 9.68. The van der Waals surface area contributed by atoms with Gasteiger partial charge in [-0.1, -0.05) is 22.0 Å². The highest BCUT2D eigenvalue weighted by molar-refractivity contribution is 9.10. The summed E-state index contributed by atoms with van der Waals surface area (Å²) in [6, 6.07) is 6.01. The summed E-state index contributed by atoms with van der Waals surface area (Å²) < 4.78 is 6.58. The molecule has 0 amide bonds. The summed E-state index contributed by atoms with van der Waals surface area (Å²) in [6.45, 7) is 2.71. The highest BCUT2D eigenvalue weighted by Gasteiger charge is 1.99. The molecule has 0 spiro atoms. The van der Waals surface area contributed by atoms with Crippen LogP contribution in [0, 0.1) is 6.92 Å². The molecule has 0 radical (unpaired) electrons. The van der Waals surface area contributed by atoms with Crippen LogP contribution in [0.5, 0.6) is 5.75 Å². The van der Waals surface area contributed by atoms with Crippen LogP contribution in [0.3, 0.4) is 0 Å². The van der Waals surface area contributed by atoms with Gasteiger partial charge in [0, 0.05) is 10.4 Å². The molecule has 1 nitrogen and oxygen atoms in total. The quantitative estimate of drug-likeness (QED) is 0.593. The lowest BCUT2D eigenvalue weighted by Crippen LogP contribution is -1.99. The second kappa shape index (κ2) is 5.51. The molecule has 3 heteroatoms. The van der Waals surface area contributed by atoms with Crippen molar-refractivity contribution in [1.82, 2.24) is 0 Å². The summed E-state index contributed by atoms with van der Waals surface area (Å²) in [7, 11) is 0. The number of halogens is 2. The fourth-order valence-electron chi connectivity index (χ4n) is 0.966. The van der Waals surface area contributed by atoms with Gasteiger partial charge < -0.3 is 4.74 Å². The molecule has 0 saturated heterocycles. The molecule has 1 aromatic carbocycles. The molecule has 1 rings (SSSR count). The Kier molecular flexibility index (Phi) is 4.60. The second-order valence-electron chi connectivity index (χ2n) is 2.80. The standard InChI is InChI=1S/C10H12BrClO/c1-8-3-4-9(11)7-10(8)13-6-2-5-12/h3-4,7H,2,5-6H2,1H3. The first-order valence-corrected chi connectivity index (χ1v) is 5.51. The predicted octanol–water partition coefficient (Wildman–Crippen LogP) is 3.77. The van der Waals surface area contributed by atoms with Crippen LogP contribution < -0.4 is 4.74 Å². The highest BCUT2D eigenvalue weighted by Crippen LogP contribution is 2.22. The van der Waals surface area contributed by atoms with Crippen LogP contribution in [0.2, 0.25) is 0 Å². The van der Waals surface area contributed by atoms with E-state index in [0.717, 1.165) is 22.2 Å². The molecule has 0 aliphatic heterocycles. The maximum absolute atomic E-state index is 5.55. The molecule has 0 aliphatic carbocycles. The number of hydrogen-bond donors (Lipinski definition) is 0. The summed E-state index contributed by atoms with van der Waals surface area (Å²) in [5.41, 5.74) is 1.15. The number of ether oxygens (including phenoxy) is 1. The van der Waals surface area contributed by atoms with E-state index >= 15 is 0 Å². The van der Waals surface area contributed by atoms with E-state index in [-0.39, 0.29) is 0 Å². The van der Waals surface area contributed by atoms with E-state index in [1.807, 2.05) is 25.1 Å². The number of benzene rings is 1. The Labute approximate surface area is 92.2 Å². The van der Waals surface area contributed by atoms with Gasteiger partial charge in [-0.3, -0.25) is 0 Å². The topological polar surface area (TPSA) is 9.23 Å². The van der Waals surface area contributed by atoms with E-state index in [9.17, 15) is 0 Å². The van der Waals surface area contributed by atoms with Gasteiger partial charge in [0.2, 0.25) is 0 Å². The van der Waals surface area contributed by atoms with Gasteiger partial charge in [0.05, 0.1) is 6.61 Å². The molecule has 0 heterocycles. The van der Waals surface area contributed by atoms with Gasteiger partial charge in [-0.2, -0.15) is 0 Å². The number of aryl methyl sites for hydroxylation is 1. The van der Waals surface area contributed by atoms with E-state index in [1.54, 1.807) is 0 Å². The van der Waals surface area contributed by atoms with Crippen LogP contribution in [-0.4, -0.2) is 12.5 Å². The molecule has 0 saturated carbocycles. The molecule has 0 bridgehead atoms. The van der Waals surface area contributed by atoms with E-state index < -0.39 is 0 Å². The molecule has 0 atom stereocenters. The fraction of sp³-hybridized carbons (Fsp3) is 0.400. The lowest BCUT2D eigenvalue weighted by atomic mass is 10.2. The van der Waals surface area contributed by atoms with Crippen molar-refractivity contribution in [1.29, 1.82) is 0 Å². The Morgan fingerprint density at radius 3 is 2.92 bits per heavy atom. The van der Waals surface area contributed by atoms with Crippen LogP contribution in [0.25, 0.3) is 0 Å². The van der Waals surface area contributed by atoms with Crippen molar-refractivity contribution in [2.45, 2.75) is 13.3 Å². The number of alkyl halides is 1. The summed E-state index contributed by atoms with van der Waals surface area (Å²) in [4.78, 5) is 0. The molecular formula is C10H12BrClO. The molecule has 13 heavy (non-hydrogen) atoms. The van der Waals surface area contributed by atoms with Crippen molar-refractivity contribution in [2.24, 2.45) is 0 Å². The average Bonchev–Trinajstić information content (AvgIpc) is 2.11. The zero-order valence-electron chi connectivity index (χ0n) is 7.52. The van der Waals surface area contributed by atoms with Gasteiger partial charge in [-0.25, -0.2) is 0 Å². The first kappa shape index (κ1) is 10.9. The molecule has 0 fully saturated rings. The molecule has 0 N–H and O–H groups in total. The summed E-state index contributed by atoms with van der Waals surface area (Å²) in [5.74, 6) is 1.58. The van der Waals surface area contributed by atoms with E-state index in [2.05, 4.69) is 15.9 Å². The zero-order valence-corrected chi connectivity index (χ0v) is 9.86. The van der Waals surface area contributed by atoms with Crippen molar-refractivity contribution in [3.05, 3.63) is 28.2 Å². The average molecular weight is 264 g/mol. The SMILES string of the molecule is Cc1ccc(Br)cc1OCCCCl. The van der Waals surface area contributed by atoms with Crippen LogP contribution in [0.15, 0.2) is 22.7 Å². The molecule has 0 aliphatic rings. The number of hydrogen-bond acceptors (Lipinski definition) is 1. The molecule has 1 aromatic rings. The van der Waals surface area contributed by atoms with Gasteiger partial charge in [0.1, 0.15) is 5.75 Å². The van der Waals surface area contributed by atoms with Gasteiger partial charge in [0.15, 0.2) is 0 Å². The van der Waals surface area contributed by atoms with E-state index in [1.165, 1.54) is 0 Å². The van der Waals surface area contributed by atoms with Crippen molar-refractivity contribution >= 4 is 27.5 Å². The molecule has 0 unspecified atom stereocenters. The van der Waals surface area contributed by atoms with Gasteiger partial charge in [0.25, 0.3) is 0 Å². The van der Waals surface area contributed by atoms with Gasteiger partial charge in [-0.05, 0) is 31.0 Å². The van der Waals surface area contributed by atoms with E-state index in [4.69, 9.17) is 16.3 Å². The Morgan fingerprint density at radius 2 is 2.23 bits per heavy atom. The van der Waals surface area contributed by atoms with Crippen molar-refractivity contribution in [3.63, 3.8) is 0 Å². The fourth-order valence-corrected chi connectivity index (χ4v) is 1.42. The Balaban J connectivity index is 2.59. The summed E-state index contributed by atoms with van der Waals surface area (Å²) >= 11 is 8.95. The second-order valence-corrected chi connectivity index (χ2v) is 4.09. The predicted molar refractivity (Wildman–Crippen MR) is 59.7 cm³/mol. The lowest BCUT2D eigenvalue weighted by molar-refractivity contribution is 0.316. The Bertz CT molecular complexity index is 276. The maximum atomic E-state index is 5.55. The third-order valence-electron chi connectivity index (χ3n) is 1.69. The highest BCUT2D eigenvalue weighted by atomic mass is 79.9. The Hall–Kier alpha value is -0.210. The molecular weight excluding hydrogens is 251 g/mol. The van der Waals surface area contributed by atoms with E-state index in [0.29, 0.717) is 12.5 Å². The first-order valence-electron chi connectivity index (χ1n) is 4.19. The lowest BCUT2D eigenvalue weighted by Gasteiger charge is -2.08. The minimum absolute atomic E-state index is 0.646. The summed E-state index contributed by atoms with van der Waals surface area (Å²) in [6.07, 6.45) is 0.882. The van der Waals surface area contributed by atoms with Gasteiger partial charge >= 0.3 is 0 Å². The minimum atomic E-state index is 0.646. The van der Waals surface area contributed by atoms with Crippen LogP contribution in [-0.2, 0) is 0 Å². The minimum Gasteiger partial charge on any atom is -0.493 e. The largest absolute Gasteiger partial charge is 0.493 e. The smallest absolute Gasteiger partial charge is 0.123 e. The van der Waals surface area contributed by atoms with Gasteiger partial charge in [-0.15, -0.1) is 11.6 Å². The normalized spacial score (nSPS) is 10.1. The monoisotopic (exact) mass is 262 g/mol. The number of rotatable bonds is 4. The van der Waals surface area contributed by atoms with Crippen molar-refractivity contribution in [3.8, 4) is 5.75 Å². The third kappa shape index (κ3) is 3.57. The molecule has 72 valence electrons. The molecule has 0 aromatic heterocycles. The maximum Gasteiger partial charge on any atom is 0.123 e. The van der Waals surface area contributed by atoms with Crippen molar-refractivity contribution in [2.75, 3.05) is 12.5 Å². The van der Waals surface area contributed by atoms with Crippen molar-refractivity contribution < 1.29 is 4.74 Å². The van der Waals surface area contributed by atoms with Crippen LogP contribution >= 0.6 is 27.5 Å².